The van der Waals surface area contributed by atoms with E-state index in [0.717, 1.165) is 58.8 Å². The van der Waals surface area contributed by atoms with Gasteiger partial charge in [0.1, 0.15) is 23.7 Å². The van der Waals surface area contributed by atoms with Crippen LogP contribution >= 0.6 is 0 Å². The summed E-state index contributed by atoms with van der Waals surface area (Å²) in [5.74, 6) is 0.918. The lowest BCUT2D eigenvalue weighted by atomic mass is 10.0. The summed E-state index contributed by atoms with van der Waals surface area (Å²) in [7, 11) is 0. The summed E-state index contributed by atoms with van der Waals surface area (Å²) in [5, 5.41) is 9.55. The summed E-state index contributed by atoms with van der Waals surface area (Å²) < 4.78 is 20.2. The van der Waals surface area contributed by atoms with Crippen LogP contribution < -0.4 is 9.47 Å². The number of aromatic nitrogens is 4. The first kappa shape index (κ1) is 27.6. The lowest BCUT2D eigenvalue weighted by Crippen LogP contribution is -2.32. The number of carboxylic acids is 1. The molecule has 1 atom stereocenters. The molecule has 0 saturated carbocycles. The summed E-state index contributed by atoms with van der Waals surface area (Å²) >= 11 is 0. The predicted octanol–water partition coefficient (Wildman–Crippen LogP) is 6.03. The SMILES string of the molecule is [C-]#[N+]c1ccc2c(c1)CCCOc1cc(ccc1Cc1nc3ccc(C(=O)O)nc3n1C[C@@H]1CCO1)-c1cccc(n1)OC2. The van der Waals surface area contributed by atoms with Crippen molar-refractivity contribution in [2.75, 3.05) is 13.2 Å². The normalized spacial score (nSPS) is 16.0. The van der Waals surface area contributed by atoms with Gasteiger partial charge in [0, 0.05) is 30.2 Å². The Balaban J connectivity index is 1.25. The number of benzene rings is 2. The van der Waals surface area contributed by atoms with Gasteiger partial charge < -0.3 is 23.9 Å². The highest BCUT2D eigenvalue weighted by Crippen LogP contribution is 2.31. The maximum Gasteiger partial charge on any atom is 0.354 e. The molecular formula is C34H29N5O5. The van der Waals surface area contributed by atoms with Crippen molar-refractivity contribution in [1.29, 1.82) is 0 Å². The summed E-state index contributed by atoms with van der Waals surface area (Å²) in [6.07, 6.45) is 2.90. The van der Waals surface area contributed by atoms with Crippen molar-refractivity contribution in [1.82, 2.24) is 19.5 Å². The minimum Gasteiger partial charge on any atom is -0.493 e. The average molecular weight is 588 g/mol. The number of hydrogen-bond acceptors (Lipinski definition) is 7. The highest BCUT2D eigenvalue weighted by Gasteiger charge is 2.24. The molecule has 1 saturated heterocycles. The van der Waals surface area contributed by atoms with Gasteiger partial charge in [-0.3, -0.25) is 0 Å². The fraction of sp³-hybridized carbons (Fsp3) is 0.265. The first-order valence-electron chi connectivity index (χ1n) is 14.6. The van der Waals surface area contributed by atoms with Gasteiger partial charge in [0.25, 0.3) is 0 Å². The van der Waals surface area contributed by atoms with Crippen molar-refractivity contribution in [3.8, 4) is 22.9 Å². The van der Waals surface area contributed by atoms with Gasteiger partial charge >= 0.3 is 5.97 Å². The Bertz CT molecular complexity index is 1920. The number of carboxylic acid groups (broad SMARTS) is 1. The van der Waals surface area contributed by atoms with Crippen molar-refractivity contribution in [2.24, 2.45) is 0 Å². The number of hydrogen-bond donors (Lipinski definition) is 1. The highest BCUT2D eigenvalue weighted by molar-refractivity contribution is 5.88. The zero-order valence-corrected chi connectivity index (χ0v) is 23.9. The van der Waals surface area contributed by atoms with Crippen LogP contribution in [0, 0.1) is 6.57 Å². The molecule has 1 fully saturated rings. The highest BCUT2D eigenvalue weighted by atomic mass is 16.5. The molecule has 1 N–H and O–H groups in total. The molecule has 2 aliphatic rings. The van der Waals surface area contributed by atoms with E-state index >= 15 is 0 Å². The standard InChI is InChI=1S/C34H29N5O5/c1-35-25-10-9-24-20-44-32-6-2-5-27(37-32)22-7-8-23(30(17-22)43-14-3-4-21(24)16-25)18-31-36-28-11-12-29(34(40)41)38-33(28)39(31)19-26-13-15-42-26/h2,5-12,16-17,26H,3-4,13-15,18-20H2,(H,40,41)/t26-/m0/s1. The maximum atomic E-state index is 11.7. The van der Waals surface area contributed by atoms with Crippen LogP contribution in [0.5, 0.6) is 11.6 Å². The number of aryl methyl sites for hydroxylation is 1. The van der Waals surface area contributed by atoms with E-state index in [1.54, 1.807) is 6.07 Å². The van der Waals surface area contributed by atoms with E-state index < -0.39 is 5.97 Å². The molecule has 5 heterocycles. The first-order valence-corrected chi connectivity index (χ1v) is 14.6. The molecule has 7 rings (SSSR count). The van der Waals surface area contributed by atoms with Crippen LogP contribution in [-0.4, -0.2) is 49.9 Å². The van der Waals surface area contributed by atoms with Crippen molar-refractivity contribution >= 4 is 22.8 Å². The Morgan fingerprint density at radius 3 is 2.73 bits per heavy atom. The number of carbonyl (C=O) groups is 1. The second-order valence-electron chi connectivity index (χ2n) is 10.9. The molecule has 0 amide bonds. The molecular weight excluding hydrogens is 558 g/mol. The van der Waals surface area contributed by atoms with Gasteiger partial charge in [-0.1, -0.05) is 42.0 Å². The zero-order valence-electron chi connectivity index (χ0n) is 23.9. The van der Waals surface area contributed by atoms with Crippen molar-refractivity contribution < 1.29 is 24.1 Å². The minimum atomic E-state index is -1.08. The maximum absolute atomic E-state index is 11.7. The number of pyridine rings is 2. The van der Waals surface area contributed by atoms with Gasteiger partial charge in [0.15, 0.2) is 17.0 Å². The van der Waals surface area contributed by atoms with Gasteiger partial charge in [-0.15, -0.1) is 0 Å². The molecule has 0 spiro atoms. The Hall–Kier alpha value is -5.27. The van der Waals surface area contributed by atoms with Crippen LogP contribution in [0.15, 0.2) is 66.7 Å². The average Bonchev–Trinajstić information content (AvgIpc) is 3.36. The molecule has 44 heavy (non-hydrogen) atoms. The number of fused-ring (bicyclic) bond motifs is 7. The molecule has 0 unspecified atom stereocenters. The van der Waals surface area contributed by atoms with E-state index in [4.69, 9.17) is 30.8 Å². The van der Waals surface area contributed by atoms with Crippen molar-refractivity contribution in [3.05, 3.63) is 106 Å². The smallest absolute Gasteiger partial charge is 0.354 e. The third-order valence-corrected chi connectivity index (χ3v) is 8.05. The van der Waals surface area contributed by atoms with Gasteiger partial charge in [0.05, 0.1) is 31.5 Å². The lowest BCUT2D eigenvalue weighted by Gasteiger charge is -2.27. The van der Waals surface area contributed by atoms with Crippen LogP contribution in [0.2, 0.25) is 0 Å². The van der Waals surface area contributed by atoms with Crippen molar-refractivity contribution in [3.63, 3.8) is 0 Å². The molecule has 2 aliphatic heterocycles. The van der Waals surface area contributed by atoms with Crippen LogP contribution in [0.4, 0.5) is 5.69 Å². The monoisotopic (exact) mass is 587 g/mol. The van der Waals surface area contributed by atoms with Gasteiger partial charge in [-0.05, 0) is 49.1 Å². The third kappa shape index (κ3) is 5.57. The Labute approximate surface area is 253 Å². The molecule has 0 radical (unpaired) electrons. The Morgan fingerprint density at radius 2 is 1.91 bits per heavy atom. The lowest BCUT2D eigenvalue weighted by molar-refractivity contribution is -0.0590. The van der Waals surface area contributed by atoms with Gasteiger partial charge in [0.2, 0.25) is 5.88 Å². The largest absolute Gasteiger partial charge is 0.493 e. The third-order valence-electron chi connectivity index (χ3n) is 8.05. The molecule has 10 nitrogen and oxygen atoms in total. The molecule has 220 valence electrons. The van der Waals surface area contributed by atoms with E-state index in [-0.39, 0.29) is 11.8 Å². The van der Waals surface area contributed by atoms with E-state index in [1.807, 2.05) is 59.2 Å². The van der Waals surface area contributed by atoms with E-state index in [1.165, 1.54) is 6.07 Å². The van der Waals surface area contributed by atoms with Crippen LogP contribution in [0.25, 0.3) is 27.3 Å². The van der Waals surface area contributed by atoms with Crippen molar-refractivity contribution in [2.45, 2.75) is 44.9 Å². The zero-order chi connectivity index (χ0) is 30.0. The van der Waals surface area contributed by atoms with E-state index in [2.05, 4.69) is 9.83 Å². The predicted molar refractivity (Wildman–Crippen MR) is 162 cm³/mol. The summed E-state index contributed by atoms with van der Waals surface area (Å²) in [6, 6.07) is 20.6. The van der Waals surface area contributed by atoms with E-state index in [9.17, 15) is 9.90 Å². The second-order valence-corrected chi connectivity index (χ2v) is 10.9. The summed E-state index contributed by atoms with van der Waals surface area (Å²) in [5.41, 5.74) is 6.43. The molecule has 4 bridgehead atoms. The Morgan fingerprint density at radius 1 is 1.00 bits per heavy atom. The van der Waals surface area contributed by atoms with Gasteiger partial charge in [-0.2, -0.15) is 0 Å². The number of ether oxygens (including phenoxy) is 3. The molecule has 2 aromatic carbocycles. The Kier molecular flexibility index (Phi) is 7.38. The first-order chi connectivity index (χ1) is 21.5. The number of aromatic carboxylic acids is 1. The topological polar surface area (TPSA) is 113 Å². The summed E-state index contributed by atoms with van der Waals surface area (Å²) in [6.45, 7) is 9.53. The fourth-order valence-electron chi connectivity index (χ4n) is 5.60. The quantitative estimate of drug-likeness (QED) is 0.248. The molecule has 0 aliphatic carbocycles. The second kappa shape index (κ2) is 11.8. The van der Waals surface area contributed by atoms with Crippen LogP contribution in [0.3, 0.4) is 0 Å². The van der Waals surface area contributed by atoms with E-state index in [0.29, 0.717) is 55.5 Å². The summed E-state index contributed by atoms with van der Waals surface area (Å²) in [4.78, 5) is 29.3. The molecule has 3 aromatic heterocycles. The number of imidazole rings is 1. The molecule has 5 aromatic rings. The fourth-order valence-corrected chi connectivity index (χ4v) is 5.60. The van der Waals surface area contributed by atoms with Crippen LogP contribution in [-0.2, 0) is 30.7 Å². The van der Waals surface area contributed by atoms with Crippen LogP contribution in [0.1, 0.15) is 45.8 Å². The number of rotatable bonds is 5. The molecule has 10 heteroatoms. The number of nitrogens with zero attached hydrogens (tertiary/aromatic N) is 5. The van der Waals surface area contributed by atoms with Gasteiger partial charge in [-0.25, -0.2) is 24.6 Å². The minimum absolute atomic E-state index is 0.0231.